The molecule has 9 N–H and O–H groups in total. The molecule has 0 saturated carbocycles. The van der Waals surface area contributed by atoms with Gasteiger partial charge in [-0.25, -0.2) is 0 Å². The van der Waals surface area contributed by atoms with Gasteiger partial charge in [-0.2, -0.15) is 0 Å². The molecule has 0 spiro atoms. The Morgan fingerprint density at radius 2 is 1.24 bits per heavy atom. The standard InChI is InChI=1S/C20H36O13/c1-6-12(23)17(28)14(25)8(31-6)3-7-13(24)15(26)10(5-22)32-19(7)11-9(4-21)33-20(30-2)18(29)16(11)27/h6-29H,3-5H2,1-2H3/t6-,7+,8-,9+,10+,11+,12+,13+,14+,15-,16-,17+,18+,19+,20-/m0/s1. The van der Waals surface area contributed by atoms with E-state index in [4.69, 9.17) is 18.9 Å². The van der Waals surface area contributed by atoms with E-state index in [1.54, 1.807) is 0 Å². The van der Waals surface area contributed by atoms with Crippen molar-refractivity contribution in [1.29, 1.82) is 0 Å². The maximum atomic E-state index is 10.9. The molecule has 0 bridgehead atoms. The van der Waals surface area contributed by atoms with Crippen molar-refractivity contribution in [2.75, 3.05) is 20.3 Å². The van der Waals surface area contributed by atoms with Crippen molar-refractivity contribution in [1.82, 2.24) is 0 Å². The molecule has 0 aliphatic carbocycles. The number of aliphatic hydroxyl groups is 9. The normalized spacial score (nSPS) is 53.7. The molecule has 194 valence electrons. The van der Waals surface area contributed by atoms with Gasteiger partial charge in [0.25, 0.3) is 0 Å². The zero-order valence-electron chi connectivity index (χ0n) is 18.4. The van der Waals surface area contributed by atoms with Crippen molar-refractivity contribution >= 4 is 0 Å². The molecule has 0 radical (unpaired) electrons. The average Bonchev–Trinajstić information content (AvgIpc) is 2.81. The second-order valence-electron chi connectivity index (χ2n) is 9.07. The Hall–Kier alpha value is -0.520. The Labute approximate surface area is 190 Å². The maximum absolute atomic E-state index is 10.9. The fourth-order valence-electron chi connectivity index (χ4n) is 5.17. The van der Waals surface area contributed by atoms with E-state index >= 15 is 0 Å². The number of hydrogen-bond donors (Lipinski definition) is 9. The lowest BCUT2D eigenvalue weighted by molar-refractivity contribution is -0.318. The van der Waals surface area contributed by atoms with Gasteiger partial charge in [0.2, 0.25) is 0 Å². The summed E-state index contributed by atoms with van der Waals surface area (Å²) in [5.74, 6) is -2.19. The highest BCUT2D eigenvalue weighted by Crippen LogP contribution is 2.41. The molecule has 3 rings (SSSR count). The van der Waals surface area contributed by atoms with Crippen molar-refractivity contribution in [3.8, 4) is 0 Å². The van der Waals surface area contributed by atoms with Gasteiger partial charge < -0.3 is 64.9 Å². The number of rotatable bonds is 6. The molecule has 0 aromatic heterocycles. The van der Waals surface area contributed by atoms with E-state index in [2.05, 4.69) is 0 Å². The highest BCUT2D eigenvalue weighted by Gasteiger charge is 2.56. The largest absolute Gasteiger partial charge is 0.394 e. The molecular weight excluding hydrogens is 448 g/mol. The molecule has 0 aromatic carbocycles. The van der Waals surface area contributed by atoms with Gasteiger partial charge in [0.15, 0.2) is 6.29 Å². The quantitative estimate of drug-likeness (QED) is 0.173. The van der Waals surface area contributed by atoms with Gasteiger partial charge >= 0.3 is 0 Å². The summed E-state index contributed by atoms with van der Waals surface area (Å²) in [6, 6.07) is 0. The van der Waals surface area contributed by atoms with Gasteiger partial charge in [-0.05, 0) is 13.3 Å². The predicted molar refractivity (Wildman–Crippen MR) is 106 cm³/mol. The summed E-state index contributed by atoms with van der Waals surface area (Å²) in [4.78, 5) is 0. The van der Waals surface area contributed by atoms with Crippen LogP contribution in [-0.4, -0.2) is 146 Å². The van der Waals surface area contributed by atoms with Crippen LogP contribution in [0.15, 0.2) is 0 Å². The summed E-state index contributed by atoms with van der Waals surface area (Å²) in [7, 11) is 1.25. The molecule has 0 aromatic rings. The average molecular weight is 484 g/mol. The van der Waals surface area contributed by atoms with Crippen LogP contribution in [0.2, 0.25) is 0 Å². The molecule has 15 atom stereocenters. The Morgan fingerprint density at radius 3 is 1.82 bits per heavy atom. The van der Waals surface area contributed by atoms with E-state index in [1.165, 1.54) is 14.0 Å². The van der Waals surface area contributed by atoms with Crippen LogP contribution in [-0.2, 0) is 18.9 Å². The molecule has 33 heavy (non-hydrogen) atoms. The van der Waals surface area contributed by atoms with Crippen LogP contribution in [0.5, 0.6) is 0 Å². The van der Waals surface area contributed by atoms with Crippen LogP contribution in [0.1, 0.15) is 13.3 Å². The van der Waals surface area contributed by atoms with Gasteiger partial charge in [-0.1, -0.05) is 0 Å². The first-order valence-electron chi connectivity index (χ1n) is 11.0. The molecule has 0 unspecified atom stereocenters. The first-order chi connectivity index (χ1) is 15.6. The number of hydrogen-bond acceptors (Lipinski definition) is 13. The van der Waals surface area contributed by atoms with Crippen LogP contribution in [0, 0.1) is 11.8 Å². The van der Waals surface area contributed by atoms with Crippen molar-refractivity contribution in [3.63, 3.8) is 0 Å². The topological polar surface area (TPSA) is 219 Å². The van der Waals surface area contributed by atoms with Gasteiger partial charge in [0, 0.05) is 18.9 Å². The lowest BCUT2D eigenvalue weighted by Crippen LogP contribution is -2.66. The van der Waals surface area contributed by atoms with Gasteiger partial charge in [-0.3, -0.25) is 0 Å². The maximum Gasteiger partial charge on any atom is 0.186 e. The molecule has 0 amide bonds. The molecular formula is C20H36O13. The smallest absolute Gasteiger partial charge is 0.186 e. The SMILES string of the molecule is CO[C@H]1O[C@H](CO)[C@@H]([C@@H]2O[C@H](CO)[C@H](O)[C@H](O)[C@H]2C[C@@H]2O[C@@H](C)[C@@H](O)[C@@H](O)[C@@H]2O)[C@H](O)[C@H]1O. The summed E-state index contributed by atoms with van der Waals surface area (Å²) in [6.45, 7) is 0.229. The Balaban J connectivity index is 1.92. The van der Waals surface area contributed by atoms with Crippen molar-refractivity contribution < 1.29 is 64.9 Å². The fraction of sp³-hybridized carbons (Fsp3) is 1.00. The van der Waals surface area contributed by atoms with Crippen LogP contribution < -0.4 is 0 Å². The lowest BCUT2D eigenvalue weighted by atomic mass is 9.72. The van der Waals surface area contributed by atoms with Crippen LogP contribution in [0.4, 0.5) is 0 Å². The lowest BCUT2D eigenvalue weighted by Gasteiger charge is -2.52. The third kappa shape index (κ3) is 5.07. The van der Waals surface area contributed by atoms with Crippen LogP contribution in [0.3, 0.4) is 0 Å². The second kappa shape index (κ2) is 11.0. The number of ether oxygens (including phenoxy) is 4. The van der Waals surface area contributed by atoms with E-state index < -0.39 is 105 Å². The molecule has 3 saturated heterocycles. The summed E-state index contributed by atoms with van der Waals surface area (Å²) in [6.07, 6.45) is -17.4. The molecule has 3 heterocycles. The van der Waals surface area contributed by atoms with E-state index in [-0.39, 0.29) is 6.42 Å². The minimum atomic E-state index is -1.54. The third-order valence-corrected chi connectivity index (χ3v) is 7.11. The van der Waals surface area contributed by atoms with Crippen LogP contribution in [0.25, 0.3) is 0 Å². The highest BCUT2D eigenvalue weighted by molar-refractivity contribution is 5.03. The summed E-state index contributed by atoms with van der Waals surface area (Å²) >= 11 is 0. The van der Waals surface area contributed by atoms with Gasteiger partial charge in [0.05, 0.1) is 49.8 Å². The summed E-state index contributed by atoms with van der Waals surface area (Å²) < 4.78 is 22.0. The molecule has 3 fully saturated rings. The van der Waals surface area contributed by atoms with Gasteiger partial charge in [-0.15, -0.1) is 0 Å². The fourth-order valence-corrected chi connectivity index (χ4v) is 5.17. The minimum Gasteiger partial charge on any atom is -0.394 e. The first kappa shape index (κ1) is 27.1. The predicted octanol–water partition coefficient (Wildman–Crippen LogP) is -4.95. The molecule has 13 nitrogen and oxygen atoms in total. The number of methoxy groups -OCH3 is 1. The van der Waals surface area contributed by atoms with E-state index in [0.29, 0.717) is 0 Å². The van der Waals surface area contributed by atoms with E-state index in [1.807, 2.05) is 0 Å². The number of aliphatic hydroxyl groups excluding tert-OH is 9. The molecule has 3 aliphatic rings. The van der Waals surface area contributed by atoms with Crippen molar-refractivity contribution in [2.45, 2.75) is 92.9 Å². The van der Waals surface area contributed by atoms with E-state index in [0.717, 1.165) is 0 Å². The van der Waals surface area contributed by atoms with Gasteiger partial charge in [0.1, 0.15) is 36.6 Å². The Bertz CT molecular complexity index is 623. The van der Waals surface area contributed by atoms with Crippen molar-refractivity contribution in [3.05, 3.63) is 0 Å². The molecule has 13 heteroatoms. The first-order valence-corrected chi connectivity index (χ1v) is 11.0. The Morgan fingerprint density at radius 1 is 0.636 bits per heavy atom. The summed E-state index contributed by atoms with van der Waals surface area (Å²) in [5.41, 5.74) is 0. The summed E-state index contributed by atoms with van der Waals surface area (Å²) in [5, 5.41) is 92.6. The van der Waals surface area contributed by atoms with E-state index in [9.17, 15) is 46.0 Å². The second-order valence-corrected chi connectivity index (χ2v) is 9.07. The third-order valence-electron chi connectivity index (χ3n) is 7.11. The minimum absolute atomic E-state index is 0.193. The molecule has 3 aliphatic heterocycles. The zero-order chi connectivity index (χ0) is 24.6. The van der Waals surface area contributed by atoms with Crippen molar-refractivity contribution in [2.24, 2.45) is 11.8 Å². The Kier molecular flexibility index (Phi) is 9.05. The monoisotopic (exact) mass is 484 g/mol. The highest BCUT2D eigenvalue weighted by atomic mass is 16.7. The van der Waals surface area contributed by atoms with Crippen LogP contribution >= 0.6 is 0 Å². The zero-order valence-corrected chi connectivity index (χ0v) is 18.4.